The zero-order chi connectivity index (χ0) is 23.7. The molecule has 3 aromatic rings. The topological polar surface area (TPSA) is 62.2 Å². The van der Waals surface area contributed by atoms with E-state index in [4.69, 9.17) is 16.3 Å². The number of carbonyl (C=O) groups excluding carboxylic acids is 1. The summed E-state index contributed by atoms with van der Waals surface area (Å²) in [7, 11) is 0. The molecule has 0 fully saturated rings. The summed E-state index contributed by atoms with van der Waals surface area (Å²) in [5, 5.41) is 11.3. The number of allylic oxidation sites excluding steroid dienone is 2. The van der Waals surface area contributed by atoms with Gasteiger partial charge in [0.05, 0.1) is 16.7 Å². The van der Waals surface area contributed by atoms with Crippen molar-refractivity contribution in [1.82, 2.24) is 4.98 Å². The number of pyridine rings is 1. The van der Waals surface area contributed by atoms with Crippen LogP contribution in [-0.4, -0.2) is 11.0 Å². The van der Waals surface area contributed by atoms with Crippen LogP contribution in [0.1, 0.15) is 46.6 Å². The fourth-order valence-corrected chi connectivity index (χ4v) is 4.32. The van der Waals surface area contributed by atoms with Gasteiger partial charge < -0.3 is 14.6 Å². The van der Waals surface area contributed by atoms with Crippen LogP contribution in [0.25, 0.3) is 11.1 Å². The number of benzene rings is 2. The highest BCUT2D eigenvalue weighted by molar-refractivity contribution is 9.10. The molecule has 0 atom stereocenters. The van der Waals surface area contributed by atoms with Crippen molar-refractivity contribution in [3.05, 3.63) is 91.9 Å². The number of carbonyl (C=O) groups is 1. The van der Waals surface area contributed by atoms with Gasteiger partial charge in [-0.15, -0.1) is 0 Å². The Bertz CT molecular complexity index is 1300. The first-order valence-electron chi connectivity index (χ1n) is 9.91. The molecule has 4 rings (SSSR count). The first-order chi connectivity index (χ1) is 15.8. The van der Waals surface area contributed by atoms with Crippen LogP contribution in [0, 0.1) is 17.5 Å². The Kier molecular flexibility index (Phi) is 6.76. The van der Waals surface area contributed by atoms with Crippen LogP contribution in [0.2, 0.25) is 5.02 Å². The highest BCUT2D eigenvalue weighted by atomic mass is 79.9. The molecule has 4 nitrogen and oxygen atoms in total. The maximum absolute atomic E-state index is 14.1. The molecule has 0 saturated heterocycles. The summed E-state index contributed by atoms with van der Waals surface area (Å²) < 4.78 is 47.4. The molecule has 0 amide bonds. The number of halogens is 5. The molecule has 0 saturated carbocycles. The molecule has 33 heavy (non-hydrogen) atoms. The maximum Gasteiger partial charge on any atom is 0.194 e. The molecule has 0 N–H and O–H groups in total. The normalized spacial score (nSPS) is 13.5. The van der Waals surface area contributed by atoms with Gasteiger partial charge in [-0.2, -0.15) is 0 Å². The van der Waals surface area contributed by atoms with Gasteiger partial charge in [0.25, 0.3) is 0 Å². The lowest BCUT2D eigenvalue weighted by Crippen LogP contribution is -2.24. The third-order valence-corrected chi connectivity index (χ3v) is 6.13. The van der Waals surface area contributed by atoms with Gasteiger partial charge in [-0.1, -0.05) is 27.5 Å². The van der Waals surface area contributed by atoms with Crippen LogP contribution in [0.5, 0.6) is 5.75 Å². The van der Waals surface area contributed by atoms with Crippen molar-refractivity contribution in [2.24, 2.45) is 0 Å². The minimum Gasteiger partial charge on any atom is -0.543 e. The molecule has 170 valence electrons. The van der Waals surface area contributed by atoms with Gasteiger partial charge in [0.2, 0.25) is 0 Å². The second kappa shape index (κ2) is 9.57. The summed E-state index contributed by atoms with van der Waals surface area (Å²) in [5.74, 6) is -5.18. The largest absolute Gasteiger partial charge is 0.543 e. The van der Waals surface area contributed by atoms with Crippen molar-refractivity contribution in [3.63, 3.8) is 0 Å². The smallest absolute Gasteiger partial charge is 0.194 e. The van der Waals surface area contributed by atoms with Gasteiger partial charge in [-0.3, -0.25) is 0 Å². The van der Waals surface area contributed by atoms with E-state index in [9.17, 15) is 23.1 Å². The third-order valence-electron chi connectivity index (χ3n) is 5.33. The van der Waals surface area contributed by atoms with E-state index in [0.717, 1.165) is 34.2 Å². The van der Waals surface area contributed by atoms with E-state index in [1.54, 1.807) is 18.2 Å². The molecule has 0 aliphatic heterocycles. The number of ether oxygens (including phenoxy) is 1. The van der Waals surface area contributed by atoms with Crippen molar-refractivity contribution in [2.45, 2.75) is 25.9 Å². The molecular weight excluding hydrogens is 523 g/mol. The minimum absolute atomic E-state index is 0.0149. The summed E-state index contributed by atoms with van der Waals surface area (Å²) in [6.07, 6.45) is 2.13. The zero-order valence-corrected chi connectivity index (χ0v) is 19.3. The van der Waals surface area contributed by atoms with Crippen molar-refractivity contribution in [1.29, 1.82) is 0 Å². The van der Waals surface area contributed by atoms with E-state index < -0.39 is 23.4 Å². The first kappa shape index (κ1) is 23.3. The summed E-state index contributed by atoms with van der Waals surface area (Å²) in [4.78, 5) is 15.5. The van der Waals surface area contributed by atoms with Crippen molar-refractivity contribution >= 4 is 44.6 Å². The van der Waals surface area contributed by atoms with E-state index >= 15 is 0 Å². The number of hydrogen-bond donors (Lipinski definition) is 0. The Labute approximate surface area is 200 Å². The lowest BCUT2D eigenvalue weighted by atomic mass is 9.99. The quantitative estimate of drug-likeness (QED) is 0.365. The summed E-state index contributed by atoms with van der Waals surface area (Å²) in [5.41, 5.74) is 2.41. The molecular formula is C24H15BrClF3NO3-. The molecule has 0 spiro atoms. The summed E-state index contributed by atoms with van der Waals surface area (Å²) >= 11 is 9.36. The van der Waals surface area contributed by atoms with Gasteiger partial charge in [-0.05, 0) is 72.9 Å². The molecule has 0 bridgehead atoms. The predicted molar refractivity (Wildman–Crippen MR) is 119 cm³/mol. The average Bonchev–Trinajstić information content (AvgIpc) is 3.27. The summed E-state index contributed by atoms with van der Waals surface area (Å²) in [6, 6.07) is 10.3. The van der Waals surface area contributed by atoms with Gasteiger partial charge in [-0.25, -0.2) is 18.2 Å². The third kappa shape index (κ3) is 4.77. The lowest BCUT2D eigenvalue weighted by Gasteiger charge is -2.16. The van der Waals surface area contributed by atoms with Gasteiger partial charge in [0.1, 0.15) is 18.1 Å². The van der Waals surface area contributed by atoms with Crippen LogP contribution in [0.4, 0.5) is 13.2 Å². The van der Waals surface area contributed by atoms with E-state index in [2.05, 4.69) is 20.9 Å². The molecule has 1 aliphatic rings. The highest BCUT2D eigenvalue weighted by Gasteiger charge is 2.23. The Morgan fingerprint density at radius 1 is 1.06 bits per heavy atom. The van der Waals surface area contributed by atoms with Crippen molar-refractivity contribution in [3.8, 4) is 5.75 Å². The maximum atomic E-state index is 14.1. The Balaban J connectivity index is 1.73. The van der Waals surface area contributed by atoms with Crippen LogP contribution >= 0.6 is 27.5 Å². The molecule has 1 aromatic heterocycles. The van der Waals surface area contributed by atoms with Crippen molar-refractivity contribution in [2.75, 3.05) is 0 Å². The summed E-state index contributed by atoms with van der Waals surface area (Å²) in [6.45, 7) is -0.311. The Morgan fingerprint density at radius 2 is 1.82 bits per heavy atom. The number of carboxylic acids is 1. The lowest BCUT2D eigenvalue weighted by molar-refractivity contribution is -0.255. The minimum atomic E-state index is -1.55. The number of nitrogens with zero attached hydrogens (tertiary/aromatic N) is 1. The van der Waals surface area contributed by atoms with Gasteiger partial charge in [0.15, 0.2) is 17.5 Å². The average molecular weight is 538 g/mol. The van der Waals surface area contributed by atoms with E-state index in [-0.39, 0.29) is 22.9 Å². The van der Waals surface area contributed by atoms with Crippen LogP contribution in [0.3, 0.4) is 0 Å². The van der Waals surface area contributed by atoms with Crippen LogP contribution in [0.15, 0.2) is 46.9 Å². The molecule has 2 aromatic carbocycles. The fraction of sp³-hybridized carbons (Fsp3) is 0.167. The van der Waals surface area contributed by atoms with Crippen LogP contribution in [-0.2, 0) is 6.61 Å². The molecule has 1 aliphatic carbocycles. The Hall–Kier alpha value is -2.84. The Morgan fingerprint density at radius 3 is 2.58 bits per heavy atom. The first-order valence-corrected chi connectivity index (χ1v) is 11.1. The SMILES string of the molecule is O=C([O-])c1nc(C2=C(c3cc(Br)ccc3OCc3ccc(F)c(F)c3F)CCC2)ccc1Cl. The molecule has 1 heterocycles. The molecule has 9 heteroatoms. The molecule has 0 radical (unpaired) electrons. The highest BCUT2D eigenvalue weighted by Crippen LogP contribution is 2.43. The zero-order valence-electron chi connectivity index (χ0n) is 16.9. The number of aromatic carboxylic acids is 1. The standard InChI is InChI=1S/C24H16BrClF3NO3/c25-13-5-9-20(33-11-12-4-7-18(27)22(29)21(12)28)16(10-13)14-2-1-3-15(14)19-8-6-17(26)23(30-19)24(31)32/h4-10H,1-3,11H2,(H,31,32)/p-1. The second-order valence-corrected chi connectivity index (χ2v) is 8.71. The number of hydrogen-bond acceptors (Lipinski definition) is 4. The van der Waals surface area contributed by atoms with E-state index in [1.165, 1.54) is 6.07 Å². The number of rotatable bonds is 6. The van der Waals surface area contributed by atoms with Crippen molar-refractivity contribution < 1.29 is 27.8 Å². The van der Waals surface area contributed by atoms with Crippen LogP contribution < -0.4 is 9.84 Å². The van der Waals surface area contributed by atoms with E-state index in [1.807, 2.05) is 6.07 Å². The van der Waals surface area contributed by atoms with E-state index in [0.29, 0.717) is 29.8 Å². The van der Waals surface area contributed by atoms with Gasteiger partial charge >= 0.3 is 0 Å². The fourth-order valence-electron chi connectivity index (χ4n) is 3.77. The number of carboxylic acid groups (broad SMARTS) is 1. The van der Waals surface area contributed by atoms with Gasteiger partial charge in [0, 0.05) is 15.6 Å². The number of aromatic nitrogens is 1. The predicted octanol–water partition coefficient (Wildman–Crippen LogP) is 5.95. The second-order valence-electron chi connectivity index (χ2n) is 7.39. The monoisotopic (exact) mass is 536 g/mol. The molecule has 0 unspecified atom stereocenters.